The van der Waals surface area contributed by atoms with Gasteiger partial charge < -0.3 is 5.11 Å². The lowest BCUT2D eigenvalue weighted by Crippen LogP contribution is -2.25. The highest BCUT2D eigenvalue weighted by molar-refractivity contribution is 5.20. The van der Waals surface area contributed by atoms with Crippen molar-refractivity contribution in [1.29, 1.82) is 0 Å². The second-order valence-corrected chi connectivity index (χ2v) is 4.66. The lowest BCUT2D eigenvalue weighted by molar-refractivity contribution is 0.174. The van der Waals surface area contributed by atoms with Crippen LogP contribution < -0.4 is 0 Å². The molecule has 88 valence electrons. The Kier molecular flexibility index (Phi) is 3.97. The monoisotopic (exact) mass is 219 g/mol. The molecule has 16 heavy (non-hydrogen) atoms. The Morgan fingerprint density at radius 2 is 2.06 bits per heavy atom. The standard InChI is InChI=1S/C14H21NO/c1-2-3-9-15-11-13(16)10-14(15)12-7-5-4-6-8-12/h4-8,13-14,16H,2-3,9-11H2,1H3/t13-,14-/m1/s1. The zero-order chi connectivity index (χ0) is 11.4. The summed E-state index contributed by atoms with van der Waals surface area (Å²) >= 11 is 0. The van der Waals surface area contributed by atoms with Crippen molar-refractivity contribution in [2.24, 2.45) is 0 Å². The predicted octanol–water partition coefficient (Wildman–Crippen LogP) is 2.59. The van der Waals surface area contributed by atoms with Crippen LogP contribution in [0.1, 0.15) is 37.8 Å². The molecule has 0 aliphatic carbocycles. The molecule has 0 saturated carbocycles. The van der Waals surface area contributed by atoms with E-state index in [-0.39, 0.29) is 6.10 Å². The van der Waals surface area contributed by atoms with Crippen molar-refractivity contribution >= 4 is 0 Å². The van der Waals surface area contributed by atoms with Crippen LogP contribution in [0.2, 0.25) is 0 Å². The number of likely N-dealkylation sites (tertiary alicyclic amines) is 1. The summed E-state index contributed by atoms with van der Waals surface area (Å²) in [7, 11) is 0. The van der Waals surface area contributed by atoms with Crippen LogP contribution in [0.4, 0.5) is 0 Å². The van der Waals surface area contributed by atoms with Crippen molar-refractivity contribution in [3.05, 3.63) is 35.9 Å². The van der Waals surface area contributed by atoms with E-state index in [0.717, 1.165) is 19.5 Å². The molecule has 1 saturated heterocycles. The molecule has 1 fully saturated rings. The minimum atomic E-state index is -0.151. The van der Waals surface area contributed by atoms with Crippen LogP contribution in [-0.2, 0) is 0 Å². The highest BCUT2D eigenvalue weighted by Crippen LogP contribution is 2.31. The van der Waals surface area contributed by atoms with E-state index in [9.17, 15) is 5.11 Å². The van der Waals surface area contributed by atoms with E-state index in [4.69, 9.17) is 0 Å². The van der Waals surface area contributed by atoms with Gasteiger partial charge in [-0.05, 0) is 24.9 Å². The van der Waals surface area contributed by atoms with Gasteiger partial charge in [-0.15, -0.1) is 0 Å². The van der Waals surface area contributed by atoms with Crippen LogP contribution in [0, 0.1) is 0 Å². The van der Waals surface area contributed by atoms with Crippen molar-refractivity contribution in [3.63, 3.8) is 0 Å². The van der Waals surface area contributed by atoms with E-state index < -0.39 is 0 Å². The Bertz CT molecular complexity index is 312. The fourth-order valence-electron chi connectivity index (χ4n) is 2.51. The number of benzene rings is 1. The molecule has 0 amide bonds. The van der Waals surface area contributed by atoms with Crippen molar-refractivity contribution in [2.45, 2.75) is 38.3 Å². The molecule has 2 rings (SSSR count). The third-order valence-corrected chi connectivity index (χ3v) is 3.36. The Morgan fingerprint density at radius 3 is 2.75 bits per heavy atom. The van der Waals surface area contributed by atoms with Gasteiger partial charge in [-0.25, -0.2) is 0 Å². The van der Waals surface area contributed by atoms with Gasteiger partial charge in [-0.3, -0.25) is 4.90 Å². The first-order valence-corrected chi connectivity index (χ1v) is 6.28. The summed E-state index contributed by atoms with van der Waals surface area (Å²) in [6, 6.07) is 11.0. The molecular weight excluding hydrogens is 198 g/mol. The second-order valence-electron chi connectivity index (χ2n) is 4.66. The zero-order valence-corrected chi connectivity index (χ0v) is 9.97. The molecular formula is C14H21NO. The van der Waals surface area contributed by atoms with Gasteiger partial charge in [0, 0.05) is 12.6 Å². The quantitative estimate of drug-likeness (QED) is 0.841. The number of β-amino-alcohol motifs (C(OH)–C–C–N with tert-alkyl or cyclic N) is 1. The Balaban J connectivity index is 2.06. The van der Waals surface area contributed by atoms with Gasteiger partial charge in [0.15, 0.2) is 0 Å². The number of aliphatic hydroxyl groups is 1. The maximum Gasteiger partial charge on any atom is 0.0685 e. The molecule has 1 aliphatic rings. The number of hydrogen-bond acceptors (Lipinski definition) is 2. The second kappa shape index (κ2) is 5.46. The van der Waals surface area contributed by atoms with E-state index in [1.165, 1.54) is 18.4 Å². The van der Waals surface area contributed by atoms with E-state index >= 15 is 0 Å². The van der Waals surface area contributed by atoms with Crippen LogP contribution in [0.3, 0.4) is 0 Å². The molecule has 0 unspecified atom stereocenters. The molecule has 0 spiro atoms. The average Bonchev–Trinajstić information content (AvgIpc) is 2.69. The maximum atomic E-state index is 9.79. The molecule has 1 heterocycles. The van der Waals surface area contributed by atoms with Gasteiger partial charge in [-0.2, -0.15) is 0 Å². The van der Waals surface area contributed by atoms with E-state index in [2.05, 4.69) is 36.1 Å². The van der Waals surface area contributed by atoms with Crippen LogP contribution in [-0.4, -0.2) is 29.2 Å². The SMILES string of the molecule is CCCCN1C[C@H](O)C[C@@H]1c1ccccc1. The Labute approximate surface area is 97.9 Å². The number of rotatable bonds is 4. The largest absolute Gasteiger partial charge is 0.392 e. The van der Waals surface area contributed by atoms with Gasteiger partial charge >= 0.3 is 0 Å². The first-order valence-electron chi connectivity index (χ1n) is 6.28. The highest BCUT2D eigenvalue weighted by atomic mass is 16.3. The summed E-state index contributed by atoms with van der Waals surface area (Å²) in [6.45, 7) is 4.15. The summed E-state index contributed by atoms with van der Waals surface area (Å²) in [4.78, 5) is 2.42. The Hall–Kier alpha value is -0.860. The molecule has 2 atom stereocenters. The van der Waals surface area contributed by atoms with Gasteiger partial charge in [0.25, 0.3) is 0 Å². The van der Waals surface area contributed by atoms with Gasteiger partial charge in [0.05, 0.1) is 6.10 Å². The smallest absolute Gasteiger partial charge is 0.0685 e. The van der Waals surface area contributed by atoms with Crippen molar-refractivity contribution in [1.82, 2.24) is 4.90 Å². The Morgan fingerprint density at radius 1 is 1.31 bits per heavy atom. The van der Waals surface area contributed by atoms with E-state index in [1.54, 1.807) is 0 Å². The molecule has 2 heteroatoms. The number of nitrogens with zero attached hydrogens (tertiary/aromatic N) is 1. The summed E-state index contributed by atoms with van der Waals surface area (Å²) in [5.41, 5.74) is 1.34. The number of hydrogen-bond donors (Lipinski definition) is 1. The first-order chi connectivity index (χ1) is 7.81. The molecule has 0 radical (unpaired) electrons. The topological polar surface area (TPSA) is 23.5 Å². The van der Waals surface area contributed by atoms with E-state index in [0.29, 0.717) is 6.04 Å². The fourth-order valence-corrected chi connectivity index (χ4v) is 2.51. The number of aliphatic hydroxyl groups excluding tert-OH is 1. The summed E-state index contributed by atoms with van der Waals surface area (Å²) in [5, 5.41) is 9.79. The van der Waals surface area contributed by atoms with Gasteiger partial charge in [-0.1, -0.05) is 43.7 Å². The molecule has 1 aromatic carbocycles. The molecule has 1 aromatic rings. The van der Waals surface area contributed by atoms with Crippen LogP contribution in [0.25, 0.3) is 0 Å². The molecule has 0 bridgehead atoms. The first kappa shape index (κ1) is 11.6. The third kappa shape index (κ3) is 2.63. The molecule has 1 N–H and O–H groups in total. The zero-order valence-electron chi connectivity index (χ0n) is 9.97. The fraction of sp³-hybridized carbons (Fsp3) is 0.571. The molecule has 2 nitrogen and oxygen atoms in total. The third-order valence-electron chi connectivity index (χ3n) is 3.36. The molecule has 1 aliphatic heterocycles. The normalized spacial score (nSPS) is 26.1. The van der Waals surface area contributed by atoms with Gasteiger partial charge in [0.2, 0.25) is 0 Å². The van der Waals surface area contributed by atoms with Gasteiger partial charge in [0.1, 0.15) is 0 Å². The van der Waals surface area contributed by atoms with Crippen molar-refractivity contribution in [3.8, 4) is 0 Å². The summed E-state index contributed by atoms with van der Waals surface area (Å²) in [6.07, 6.45) is 3.17. The summed E-state index contributed by atoms with van der Waals surface area (Å²) < 4.78 is 0. The lowest BCUT2D eigenvalue weighted by atomic mass is 10.0. The average molecular weight is 219 g/mol. The molecule has 0 aromatic heterocycles. The van der Waals surface area contributed by atoms with Crippen molar-refractivity contribution in [2.75, 3.05) is 13.1 Å². The lowest BCUT2D eigenvalue weighted by Gasteiger charge is -2.24. The van der Waals surface area contributed by atoms with E-state index in [1.807, 2.05) is 6.07 Å². The van der Waals surface area contributed by atoms with Crippen LogP contribution in [0.5, 0.6) is 0 Å². The van der Waals surface area contributed by atoms with Crippen LogP contribution >= 0.6 is 0 Å². The predicted molar refractivity (Wildman–Crippen MR) is 66.3 cm³/mol. The number of unbranched alkanes of at least 4 members (excludes halogenated alkanes) is 1. The summed E-state index contributed by atoms with van der Waals surface area (Å²) in [5.74, 6) is 0. The minimum Gasteiger partial charge on any atom is -0.392 e. The maximum absolute atomic E-state index is 9.79. The van der Waals surface area contributed by atoms with Crippen LogP contribution in [0.15, 0.2) is 30.3 Å². The van der Waals surface area contributed by atoms with Crippen molar-refractivity contribution < 1.29 is 5.11 Å². The minimum absolute atomic E-state index is 0.151. The highest BCUT2D eigenvalue weighted by Gasteiger charge is 2.30.